The lowest BCUT2D eigenvalue weighted by atomic mass is 10.2. The topological polar surface area (TPSA) is 55.0 Å². The van der Waals surface area contributed by atoms with Crippen LogP contribution in [0, 0.1) is 0 Å². The molecule has 1 aliphatic heterocycles. The molecule has 1 aromatic heterocycles. The van der Waals surface area contributed by atoms with Gasteiger partial charge in [-0.05, 0) is 6.42 Å². The Kier molecular flexibility index (Phi) is 3.23. The number of nitrogens with zero attached hydrogens (tertiary/aromatic N) is 3. The molecule has 0 bridgehead atoms. The molecule has 0 aliphatic carbocycles. The van der Waals surface area contributed by atoms with Gasteiger partial charge < -0.3 is 5.73 Å². The van der Waals surface area contributed by atoms with Crippen molar-refractivity contribution < 1.29 is 4.39 Å². The highest BCUT2D eigenvalue weighted by Gasteiger charge is 2.30. The molecule has 4 nitrogen and oxygen atoms in total. The van der Waals surface area contributed by atoms with Crippen LogP contribution in [0.1, 0.15) is 12.0 Å². The van der Waals surface area contributed by atoms with E-state index in [4.69, 9.17) is 5.73 Å². The Morgan fingerprint density at radius 3 is 2.87 bits per heavy atom. The van der Waals surface area contributed by atoms with Crippen molar-refractivity contribution in [3.8, 4) is 0 Å². The zero-order valence-electron chi connectivity index (χ0n) is 8.51. The first-order valence-electron chi connectivity index (χ1n) is 5.11. The van der Waals surface area contributed by atoms with Gasteiger partial charge in [-0.25, -0.2) is 14.4 Å². The molecule has 2 atom stereocenters. The molecule has 2 heterocycles. The van der Waals surface area contributed by atoms with E-state index in [1.165, 1.54) is 6.33 Å². The van der Waals surface area contributed by atoms with E-state index in [2.05, 4.69) is 14.9 Å². The van der Waals surface area contributed by atoms with Crippen LogP contribution in [0.4, 0.5) is 4.39 Å². The van der Waals surface area contributed by atoms with Crippen molar-refractivity contribution in [3.05, 3.63) is 24.3 Å². The van der Waals surface area contributed by atoms with E-state index in [0.29, 0.717) is 26.1 Å². The van der Waals surface area contributed by atoms with Gasteiger partial charge in [0.1, 0.15) is 12.5 Å². The minimum Gasteiger partial charge on any atom is -0.329 e. The van der Waals surface area contributed by atoms with Gasteiger partial charge in [0.15, 0.2) is 0 Å². The molecular weight excluding hydrogens is 195 g/mol. The number of hydrogen-bond donors (Lipinski definition) is 1. The van der Waals surface area contributed by atoms with Gasteiger partial charge in [-0.15, -0.1) is 0 Å². The average molecular weight is 210 g/mol. The minimum absolute atomic E-state index is 0.153. The van der Waals surface area contributed by atoms with E-state index >= 15 is 0 Å². The summed E-state index contributed by atoms with van der Waals surface area (Å²) in [6.45, 7) is 1.66. The quantitative estimate of drug-likeness (QED) is 0.782. The van der Waals surface area contributed by atoms with Gasteiger partial charge in [-0.2, -0.15) is 0 Å². The smallest absolute Gasteiger partial charge is 0.115 e. The predicted molar refractivity (Wildman–Crippen MR) is 54.8 cm³/mol. The number of aromatic nitrogens is 2. The van der Waals surface area contributed by atoms with Crippen molar-refractivity contribution in [1.29, 1.82) is 0 Å². The molecule has 1 aromatic rings. The predicted octanol–water partition coefficient (Wildman–Crippen LogP) is 0.348. The molecule has 0 radical (unpaired) electrons. The Bertz CT molecular complexity index is 306. The fraction of sp³-hybridized carbons (Fsp3) is 0.600. The summed E-state index contributed by atoms with van der Waals surface area (Å²) in [5.41, 5.74) is 6.61. The van der Waals surface area contributed by atoms with E-state index in [9.17, 15) is 4.39 Å². The van der Waals surface area contributed by atoms with Crippen molar-refractivity contribution in [2.45, 2.75) is 25.2 Å². The Labute approximate surface area is 88.3 Å². The molecule has 5 heteroatoms. The number of alkyl halides is 1. The summed E-state index contributed by atoms with van der Waals surface area (Å²) in [5, 5.41) is 0. The molecule has 2 N–H and O–H groups in total. The first-order chi connectivity index (χ1) is 7.29. The second kappa shape index (κ2) is 4.63. The van der Waals surface area contributed by atoms with Crippen LogP contribution in [0.3, 0.4) is 0 Å². The Morgan fingerprint density at radius 1 is 1.47 bits per heavy atom. The maximum absolute atomic E-state index is 13.2. The normalized spacial score (nSPS) is 27.1. The first-order valence-corrected chi connectivity index (χ1v) is 5.11. The standard InChI is InChI=1S/C10H15FN4/c11-9-1-10(2-12)15(6-9)5-8-3-13-7-14-4-8/h3-4,7,9-10H,1-2,5-6,12H2. The lowest BCUT2D eigenvalue weighted by Gasteiger charge is -2.22. The van der Waals surface area contributed by atoms with E-state index in [0.717, 1.165) is 5.56 Å². The summed E-state index contributed by atoms with van der Waals surface area (Å²) in [6, 6.07) is 0.153. The van der Waals surface area contributed by atoms with Crippen molar-refractivity contribution in [1.82, 2.24) is 14.9 Å². The molecule has 1 saturated heterocycles. The SMILES string of the molecule is NCC1CC(F)CN1Cc1cncnc1. The molecule has 2 unspecified atom stereocenters. The van der Waals surface area contributed by atoms with Crippen LogP contribution in [-0.4, -0.2) is 40.2 Å². The van der Waals surface area contributed by atoms with Crippen LogP contribution in [0.25, 0.3) is 0 Å². The maximum atomic E-state index is 13.2. The van der Waals surface area contributed by atoms with Gasteiger partial charge in [0.25, 0.3) is 0 Å². The van der Waals surface area contributed by atoms with Crippen LogP contribution in [0.2, 0.25) is 0 Å². The Balaban J connectivity index is 2.00. The second-order valence-corrected chi connectivity index (χ2v) is 3.90. The fourth-order valence-electron chi connectivity index (χ4n) is 2.01. The van der Waals surface area contributed by atoms with E-state index in [1.54, 1.807) is 12.4 Å². The third-order valence-corrected chi connectivity index (χ3v) is 2.75. The van der Waals surface area contributed by atoms with Gasteiger partial charge in [0.05, 0.1) is 0 Å². The van der Waals surface area contributed by atoms with Crippen LogP contribution in [0.15, 0.2) is 18.7 Å². The molecule has 82 valence electrons. The number of likely N-dealkylation sites (tertiary alicyclic amines) is 1. The van der Waals surface area contributed by atoms with E-state index in [1.807, 2.05) is 0 Å². The third kappa shape index (κ3) is 2.49. The molecule has 0 amide bonds. The summed E-state index contributed by atoms with van der Waals surface area (Å²) < 4.78 is 13.2. The summed E-state index contributed by atoms with van der Waals surface area (Å²) >= 11 is 0. The van der Waals surface area contributed by atoms with Crippen LogP contribution in [-0.2, 0) is 6.54 Å². The van der Waals surface area contributed by atoms with Crippen molar-refractivity contribution in [2.24, 2.45) is 5.73 Å². The van der Waals surface area contributed by atoms with Gasteiger partial charge in [0, 0.05) is 43.6 Å². The van der Waals surface area contributed by atoms with Gasteiger partial charge >= 0.3 is 0 Å². The van der Waals surface area contributed by atoms with Crippen molar-refractivity contribution in [2.75, 3.05) is 13.1 Å². The van der Waals surface area contributed by atoms with Gasteiger partial charge in [-0.1, -0.05) is 0 Å². The molecule has 1 aliphatic rings. The lowest BCUT2D eigenvalue weighted by Crippen LogP contribution is -2.34. The Morgan fingerprint density at radius 2 is 2.20 bits per heavy atom. The zero-order chi connectivity index (χ0) is 10.7. The third-order valence-electron chi connectivity index (χ3n) is 2.75. The number of rotatable bonds is 3. The van der Waals surface area contributed by atoms with Crippen molar-refractivity contribution >= 4 is 0 Å². The van der Waals surface area contributed by atoms with Crippen LogP contribution < -0.4 is 5.73 Å². The van der Waals surface area contributed by atoms with E-state index < -0.39 is 6.17 Å². The number of nitrogens with two attached hydrogens (primary N) is 1. The molecule has 15 heavy (non-hydrogen) atoms. The highest BCUT2D eigenvalue weighted by Crippen LogP contribution is 2.21. The zero-order valence-corrected chi connectivity index (χ0v) is 8.51. The van der Waals surface area contributed by atoms with E-state index in [-0.39, 0.29) is 6.04 Å². The number of halogens is 1. The maximum Gasteiger partial charge on any atom is 0.115 e. The molecule has 0 saturated carbocycles. The molecule has 0 aromatic carbocycles. The molecular formula is C10H15FN4. The lowest BCUT2D eigenvalue weighted by molar-refractivity contribution is 0.238. The highest BCUT2D eigenvalue weighted by atomic mass is 19.1. The van der Waals surface area contributed by atoms with Gasteiger partial charge in [0.2, 0.25) is 0 Å². The molecule has 0 spiro atoms. The molecule has 1 fully saturated rings. The van der Waals surface area contributed by atoms with Crippen LogP contribution >= 0.6 is 0 Å². The summed E-state index contributed by atoms with van der Waals surface area (Å²) in [7, 11) is 0. The summed E-state index contributed by atoms with van der Waals surface area (Å²) in [6.07, 6.45) is 4.80. The van der Waals surface area contributed by atoms with Crippen LogP contribution in [0.5, 0.6) is 0 Å². The fourth-order valence-corrected chi connectivity index (χ4v) is 2.01. The largest absolute Gasteiger partial charge is 0.329 e. The average Bonchev–Trinajstić information content (AvgIpc) is 2.60. The first kappa shape index (κ1) is 10.4. The minimum atomic E-state index is -0.747. The summed E-state index contributed by atoms with van der Waals surface area (Å²) in [5.74, 6) is 0. The van der Waals surface area contributed by atoms with Gasteiger partial charge in [-0.3, -0.25) is 4.90 Å². The monoisotopic (exact) mass is 210 g/mol. The highest BCUT2D eigenvalue weighted by molar-refractivity contribution is 5.03. The second-order valence-electron chi connectivity index (χ2n) is 3.90. The summed E-state index contributed by atoms with van der Waals surface area (Å²) in [4.78, 5) is 9.93. The Hall–Kier alpha value is -1.07. The molecule has 2 rings (SSSR count). The number of hydrogen-bond acceptors (Lipinski definition) is 4. The van der Waals surface area contributed by atoms with Crippen molar-refractivity contribution in [3.63, 3.8) is 0 Å².